The molecule has 0 aliphatic rings. The highest BCUT2D eigenvalue weighted by Crippen LogP contribution is 2.45. The predicted octanol–water partition coefficient (Wildman–Crippen LogP) is 12.0. The summed E-state index contributed by atoms with van der Waals surface area (Å²) in [4.78, 5) is 0. The van der Waals surface area contributed by atoms with Gasteiger partial charge in [0.1, 0.15) is 34.0 Å². The third-order valence-electron chi connectivity index (χ3n) is 7.42. The van der Waals surface area contributed by atoms with Gasteiger partial charge in [-0.05, 0) is 54.6 Å². The molecule has 3 aromatic heterocycles. The van der Waals surface area contributed by atoms with E-state index in [1.165, 1.54) is 36.4 Å². The largest absolute Gasteiger partial charge is 0.455 e. The lowest BCUT2D eigenvalue weighted by atomic mass is 10.1. The number of benzene rings is 4. The molecular formula is C33H15F9O3. The van der Waals surface area contributed by atoms with Crippen LogP contribution in [-0.4, -0.2) is 0 Å². The molecule has 0 bridgehead atoms. The Bertz CT molecular complexity index is 1840. The molecule has 7 rings (SSSR count). The zero-order chi connectivity index (χ0) is 31.9. The summed E-state index contributed by atoms with van der Waals surface area (Å²) in [5.74, 6) is 0.576. The summed E-state index contributed by atoms with van der Waals surface area (Å²) in [6.45, 7) is 0. The van der Waals surface area contributed by atoms with Gasteiger partial charge in [-0.3, -0.25) is 0 Å². The van der Waals surface area contributed by atoms with Crippen LogP contribution in [0.25, 0.3) is 66.9 Å². The van der Waals surface area contributed by atoms with E-state index < -0.39 is 35.2 Å². The summed E-state index contributed by atoms with van der Waals surface area (Å²) in [6, 6.07) is 17.6. The second-order valence-electron chi connectivity index (χ2n) is 10.3. The molecule has 228 valence electrons. The molecule has 0 saturated heterocycles. The first-order valence-electron chi connectivity index (χ1n) is 13.1. The van der Waals surface area contributed by atoms with Crippen molar-refractivity contribution in [2.45, 2.75) is 18.5 Å². The molecule has 0 atom stereocenters. The fourth-order valence-corrected chi connectivity index (χ4v) is 5.18. The second kappa shape index (κ2) is 9.68. The smallest absolute Gasteiger partial charge is 0.416 e. The first kappa shape index (κ1) is 28.6. The Balaban J connectivity index is 1.43. The van der Waals surface area contributed by atoms with E-state index in [-0.39, 0.29) is 34.0 Å². The molecule has 0 aliphatic heterocycles. The molecular weight excluding hydrogens is 615 g/mol. The van der Waals surface area contributed by atoms with Crippen LogP contribution in [0.1, 0.15) is 16.7 Å². The van der Waals surface area contributed by atoms with Crippen molar-refractivity contribution in [3.63, 3.8) is 0 Å². The summed E-state index contributed by atoms with van der Waals surface area (Å²) in [5, 5.41) is 1.18. The number of fused-ring (bicyclic) bond motifs is 6. The van der Waals surface area contributed by atoms with Crippen LogP contribution < -0.4 is 0 Å². The van der Waals surface area contributed by atoms with Crippen molar-refractivity contribution in [3.8, 4) is 34.0 Å². The molecule has 0 saturated carbocycles. The zero-order valence-corrected chi connectivity index (χ0v) is 22.3. The summed E-state index contributed by atoms with van der Waals surface area (Å²) in [7, 11) is 0. The minimum Gasteiger partial charge on any atom is -0.455 e. The van der Waals surface area contributed by atoms with Gasteiger partial charge in [-0.25, -0.2) is 0 Å². The topological polar surface area (TPSA) is 39.4 Å². The molecule has 0 unspecified atom stereocenters. The van der Waals surface area contributed by atoms with Gasteiger partial charge in [0, 0.05) is 16.7 Å². The van der Waals surface area contributed by atoms with Crippen molar-refractivity contribution in [2.24, 2.45) is 0 Å². The van der Waals surface area contributed by atoms with Gasteiger partial charge in [0.15, 0.2) is 0 Å². The molecule has 7 aromatic rings. The van der Waals surface area contributed by atoms with E-state index in [4.69, 9.17) is 13.3 Å². The molecule has 4 aromatic carbocycles. The van der Waals surface area contributed by atoms with Crippen LogP contribution >= 0.6 is 0 Å². The van der Waals surface area contributed by atoms with Crippen LogP contribution in [0, 0.1) is 0 Å². The average molecular weight is 630 g/mol. The van der Waals surface area contributed by atoms with E-state index in [1.54, 1.807) is 18.2 Å². The van der Waals surface area contributed by atoms with Crippen LogP contribution in [-0.2, 0) is 18.5 Å². The SMILES string of the molecule is FC(F)(F)c1ccc(-c2cc3c(o2)c2cc(-c4ccc(C(F)(F)F)cc4)oc2c2cc(-c4ccc(C(F)(F)F)cc4)oc32)cc1. The van der Waals surface area contributed by atoms with E-state index in [0.29, 0.717) is 32.8 Å². The Morgan fingerprint density at radius 2 is 0.556 bits per heavy atom. The Hall–Kier alpha value is -5.13. The molecule has 12 heteroatoms. The van der Waals surface area contributed by atoms with Crippen molar-refractivity contribution >= 4 is 32.9 Å². The van der Waals surface area contributed by atoms with E-state index in [2.05, 4.69) is 0 Å². The van der Waals surface area contributed by atoms with E-state index in [1.807, 2.05) is 0 Å². The fourth-order valence-electron chi connectivity index (χ4n) is 5.18. The maximum absolute atomic E-state index is 13.1. The third-order valence-corrected chi connectivity index (χ3v) is 7.42. The Labute approximate surface area is 246 Å². The third kappa shape index (κ3) is 4.99. The Kier molecular flexibility index (Phi) is 6.16. The van der Waals surface area contributed by atoms with E-state index >= 15 is 0 Å². The van der Waals surface area contributed by atoms with Gasteiger partial charge in [-0.2, -0.15) is 39.5 Å². The highest BCUT2D eigenvalue weighted by atomic mass is 19.4. The average Bonchev–Trinajstić information content (AvgIpc) is 3.73. The lowest BCUT2D eigenvalue weighted by Gasteiger charge is -2.06. The van der Waals surface area contributed by atoms with Crippen molar-refractivity contribution in [1.82, 2.24) is 0 Å². The zero-order valence-electron chi connectivity index (χ0n) is 22.3. The van der Waals surface area contributed by atoms with Crippen LogP contribution in [0.15, 0.2) is 104 Å². The molecule has 0 spiro atoms. The Morgan fingerprint density at radius 1 is 0.333 bits per heavy atom. The van der Waals surface area contributed by atoms with Crippen molar-refractivity contribution in [2.75, 3.05) is 0 Å². The molecule has 0 radical (unpaired) electrons. The minimum atomic E-state index is -4.54. The molecule has 0 N–H and O–H groups in total. The number of furan rings is 3. The maximum atomic E-state index is 13.1. The van der Waals surface area contributed by atoms with Crippen LogP contribution in [0.5, 0.6) is 0 Å². The number of hydrogen-bond donors (Lipinski definition) is 0. The Morgan fingerprint density at radius 3 is 0.756 bits per heavy atom. The maximum Gasteiger partial charge on any atom is 0.416 e. The van der Waals surface area contributed by atoms with Gasteiger partial charge in [-0.1, -0.05) is 36.4 Å². The number of hydrogen-bond acceptors (Lipinski definition) is 3. The lowest BCUT2D eigenvalue weighted by Crippen LogP contribution is -2.03. The van der Waals surface area contributed by atoms with E-state index in [9.17, 15) is 39.5 Å². The number of rotatable bonds is 3. The van der Waals surface area contributed by atoms with Crippen molar-refractivity contribution < 1.29 is 52.8 Å². The van der Waals surface area contributed by atoms with Gasteiger partial charge in [0.2, 0.25) is 0 Å². The summed E-state index contributed by atoms with van der Waals surface area (Å²) in [6.07, 6.45) is -13.6. The number of halogens is 9. The minimum absolute atomic E-state index is 0.192. The fraction of sp³-hybridized carbons (Fsp3) is 0.0909. The van der Waals surface area contributed by atoms with Gasteiger partial charge in [0.25, 0.3) is 0 Å². The first-order valence-corrected chi connectivity index (χ1v) is 13.1. The van der Waals surface area contributed by atoms with Gasteiger partial charge in [-0.15, -0.1) is 0 Å². The molecule has 45 heavy (non-hydrogen) atoms. The van der Waals surface area contributed by atoms with Crippen LogP contribution in [0.2, 0.25) is 0 Å². The summed E-state index contributed by atoms with van der Waals surface area (Å²) in [5.41, 5.74) is -0.918. The van der Waals surface area contributed by atoms with Crippen molar-refractivity contribution in [1.29, 1.82) is 0 Å². The summed E-state index contributed by atoms with van der Waals surface area (Å²) >= 11 is 0. The second-order valence-corrected chi connectivity index (χ2v) is 10.3. The first-order chi connectivity index (χ1) is 21.2. The monoisotopic (exact) mass is 630 g/mol. The lowest BCUT2D eigenvalue weighted by molar-refractivity contribution is -0.138. The molecule has 0 fully saturated rings. The highest BCUT2D eigenvalue weighted by molar-refractivity contribution is 6.22. The summed E-state index contributed by atoms with van der Waals surface area (Å²) < 4.78 is 136. The van der Waals surface area contributed by atoms with E-state index in [0.717, 1.165) is 36.4 Å². The van der Waals surface area contributed by atoms with Gasteiger partial charge in [0.05, 0.1) is 32.8 Å². The van der Waals surface area contributed by atoms with Crippen molar-refractivity contribution in [3.05, 3.63) is 108 Å². The molecule has 0 amide bonds. The highest BCUT2D eigenvalue weighted by Gasteiger charge is 2.32. The standard InChI is InChI=1S/C33H15F9O3/c34-31(35,36)19-7-1-16(2-8-19)25-13-22-28(43-25)23-14-26(17-3-9-20(10-4-17)32(37,38)39)45-30(23)24-15-27(44-29(22)24)18-5-11-21(12-6-18)33(40,41)42/h1-15H. The number of alkyl halides is 9. The normalized spacial score (nSPS) is 13.0. The van der Waals surface area contributed by atoms with Gasteiger partial charge < -0.3 is 13.3 Å². The van der Waals surface area contributed by atoms with Crippen LogP contribution in [0.4, 0.5) is 39.5 Å². The molecule has 3 nitrogen and oxygen atoms in total. The predicted molar refractivity (Wildman–Crippen MR) is 147 cm³/mol. The molecule has 0 aliphatic carbocycles. The molecule has 3 heterocycles. The quantitative estimate of drug-likeness (QED) is 0.182. The van der Waals surface area contributed by atoms with Gasteiger partial charge >= 0.3 is 18.5 Å². The van der Waals surface area contributed by atoms with Crippen LogP contribution in [0.3, 0.4) is 0 Å².